The van der Waals surface area contributed by atoms with Crippen molar-refractivity contribution in [3.63, 3.8) is 0 Å². The van der Waals surface area contributed by atoms with Crippen LogP contribution in [0.3, 0.4) is 0 Å². The Morgan fingerprint density at radius 2 is 1.21 bits per heavy atom. The molecule has 1 aliphatic carbocycles. The highest BCUT2D eigenvalue weighted by Crippen LogP contribution is 2.25. The molecule has 0 unspecified atom stereocenters. The van der Waals surface area contributed by atoms with Gasteiger partial charge in [-0.25, -0.2) is 19.6 Å². The van der Waals surface area contributed by atoms with Gasteiger partial charge in [0.25, 0.3) is 0 Å². The zero-order chi connectivity index (χ0) is 25.7. The number of ether oxygens (including phenoxy) is 2. The van der Waals surface area contributed by atoms with E-state index in [2.05, 4.69) is 63.1 Å². The highest BCUT2D eigenvalue weighted by molar-refractivity contribution is 9.11. The van der Waals surface area contributed by atoms with Crippen LogP contribution in [0, 0.1) is 0 Å². The minimum Gasteiger partial charge on any atom is -0.456 e. The second kappa shape index (κ2) is 11.9. The maximum absolute atomic E-state index is 12.0. The van der Waals surface area contributed by atoms with Gasteiger partial charge in [-0.15, -0.1) is 0 Å². The Bertz CT molecular complexity index is 1010. The second-order valence-corrected chi connectivity index (χ2v) is 12.3. The van der Waals surface area contributed by atoms with Gasteiger partial charge in [-0.2, -0.15) is 0 Å². The zero-order valence-corrected chi connectivity index (χ0v) is 24.9. The van der Waals surface area contributed by atoms with Crippen molar-refractivity contribution in [1.82, 2.24) is 9.97 Å². The monoisotopic (exact) mass is 661 g/mol. The number of pyridine rings is 2. The van der Waals surface area contributed by atoms with Crippen LogP contribution < -0.4 is 5.32 Å². The number of aromatic nitrogens is 2. The quantitative estimate of drug-likeness (QED) is 0.271. The Labute approximate surface area is 226 Å². The summed E-state index contributed by atoms with van der Waals surface area (Å²) in [6, 6.07) is 7.16. The topological polar surface area (TPSA) is 90.4 Å². The van der Waals surface area contributed by atoms with E-state index in [0.29, 0.717) is 31.0 Å². The largest absolute Gasteiger partial charge is 0.456 e. The molecule has 10 heteroatoms. The molecule has 0 atom stereocenters. The maximum Gasteiger partial charge on any atom is 0.338 e. The number of anilines is 1. The first-order valence-corrected chi connectivity index (χ1v) is 13.2. The van der Waals surface area contributed by atoms with Gasteiger partial charge in [-0.1, -0.05) is 0 Å². The average Bonchev–Trinajstić information content (AvgIpc) is 2.61. The van der Waals surface area contributed by atoms with Gasteiger partial charge in [-0.3, -0.25) is 0 Å². The van der Waals surface area contributed by atoms with Crippen molar-refractivity contribution in [3.05, 3.63) is 49.2 Å². The Balaban J connectivity index is 0.000000248. The highest BCUT2D eigenvalue weighted by atomic mass is 79.9. The van der Waals surface area contributed by atoms with Crippen LogP contribution >= 0.6 is 47.8 Å². The summed E-state index contributed by atoms with van der Waals surface area (Å²) in [5, 5.41) is 3.33. The van der Waals surface area contributed by atoms with E-state index in [1.165, 1.54) is 6.42 Å². The van der Waals surface area contributed by atoms with Gasteiger partial charge in [0, 0.05) is 6.04 Å². The molecule has 1 fully saturated rings. The lowest BCUT2D eigenvalue weighted by Gasteiger charge is -2.27. The van der Waals surface area contributed by atoms with Crippen molar-refractivity contribution >= 4 is 65.5 Å². The van der Waals surface area contributed by atoms with Crippen molar-refractivity contribution in [2.75, 3.05) is 5.32 Å². The summed E-state index contributed by atoms with van der Waals surface area (Å²) in [6.45, 7) is 11.1. The van der Waals surface area contributed by atoms with Gasteiger partial charge in [0.05, 0.1) is 11.1 Å². The SMILES string of the molecule is CC(C)(C)OC(=O)c1cc(Br)nc(Br)c1.CC(C)(C)OC(=O)c1cc(Br)nc(NC2CCC2)c1. The van der Waals surface area contributed by atoms with E-state index in [1.54, 1.807) is 24.3 Å². The molecule has 0 aliphatic heterocycles. The Morgan fingerprint density at radius 1 is 0.794 bits per heavy atom. The molecule has 0 bridgehead atoms. The summed E-state index contributed by atoms with van der Waals surface area (Å²) in [4.78, 5) is 32.1. The number of carbonyl (C=O) groups is 2. The van der Waals surface area contributed by atoms with Crippen LogP contribution in [0.2, 0.25) is 0 Å². The molecular formula is C24H30Br3N3O4. The molecule has 2 aromatic rings. The van der Waals surface area contributed by atoms with Crippen molar-refractivity contribution in [3.8, 4) is 0 Å². The lowest BCUT2D eigenvalue weighted by atomic mass is 9.93. The van der Waals surface area contributed by atoms with Gasteiger partial charge in [0.2, 0.25) is 0 Å². The number of hydrogen-bond acceptors (Lipinski definition) is 7. The average molecular weight is 664 g/mol. The number of carbonyl (C=O) groups excluding carboxylic acids is 2. The Hall–Kier alpha value is -1.52. The number of halogens is 3. The van der Waals surface area contributed by atoms with E-state index in [1.807, 2.05) is 41.5 Å². The van der Waals surface area contributed by atoms with E-state index in [9.17, 15) is 9.59 Å². The summed E-state index contributed by atoms with van der Waals surface area (Å²) >= 11 is 9.76. The predicted molar refractivity (Wildman–Crippen MR) is 143 cm³/mol. The Kier molecular flexibility index (Phi) is 10.1. The fourth-order valence-corrected chi connectivity index (χ4v) is 4.26. The highest BCUT2D eigenvalue weighted by Gasteiger charge is 2.21. The van der Waals surface area contributed by atoms with Crippen LogP contribution in [0.4, 0.5) is 5.82 Å². The summed E-state index contributed by atoms with van der Waals surface area (Å²) in [5.74, 6) is 0.0403. The van der Waals surface area contributed by atoms with Crippen LogP contribution in [0.1, 0.15) is 81.5 Å². The molecule has 3 rings (SSSR count). The first-order chi connectivity index (χ1) is 15.6. The van der Waals surface area contributed by atoms with Crippen molar-refractivity contribution in [2.45, 2.75) is 78.0 Å². The Morgan fingerprint density at radius 3 is 1.59 bits per heavy atom. The fourth-order valence-electron chi connectivity index (χ4n) is 2.71. The number of nitrogens with one attached hydrogen (secondary N) is 1. The molecule has 7 nitrogen and oxygen atoms in total. The fraction of sp³-hybridized carbons (Fsp3) is 0.500. The van der Waals surface area contributed by atoms with Gasteiger partial charge >= 0.3 is 11.9 Å². The molecule has 1 N–H and O–H groups in total. The maximum atomic E-state index is 12.0. The molecule has 186 valence electrons. The van der Waals surface area contributed by atoms with Crippen LogP contribution in [0.5, 0.6) is 0 Å². The third-order valence-electron chi connectivity index (χ3n) is 4.28. The molecular weight excluding hydrogens is 634 g/mol. The smallest absolute Gasteiger partial charge is 0.338 e. The van der Waals surface area contributed by atoms with Crippen LogP contribution in [-0.4, -0.2) is 39.2 Å². The minimum atomic E-state index is -0.492. The third kappa shape index (κ3) is 10.4. The number of rotatable bonds is 4. The number of nitrogens with zero attached hydrogens (tertiary/aromatic N) is 2. The first-order valence-electron chi connectivity index (χ1n) is 10.9. The lowest BCUT2D eigenvalue weighted by Crippen LogP contribution is -2.28. The normalized spacial score (nSPS) is 13.8. The molecule has 0 saturated heterocycles. The van der Waals surface area contributed by atoms with E-state index in [4.69, 9.17) is 9.47 Å². The first kappa shape index (κ1) is 28.7. The predicted octanol–water partition coefficient (Wildman–Crippen LogP) is 7.33. The summed E-state index contributed by atoms with van der Waals surface area (Å²) in [7, 11) is 0. The molecule has 0 spiro atoms. The van der Waals surface area contributed by atoms with Crippen LogP contribution in [0.15, 0.2) is 38.1 Å². The zero-order valence-electron chi connectivity index (χ0n) is 20.2. The minimum absolute atomic E-state index is 0.327. The van der Waals surface area contributed by atoms with E-state index in [-0.39, 0.29) is 11.9 Å². The van der Waals surface area contributed by atoms with Crippen molar-refractivity contribution in [2.24, 2.45) is 0 Å². The molecule has 2 heterocycles. The molecule has 0 radical (unpaired) electrons. The standard InChI is InChI=1S/C14H19BrN2O2.C10H11Br2NO2/c1-14(2,3)19-13(18)9-7-11(15)17-12(8-9)16-10-5-4-6-10;1-10(2,3)15-9(14)6-4-7(11)13-8(12)5-6/h7-8,10H,4-6H2,1-3H3,(H,16,17);4-5H,1-3H3. The summed E-state index contributed by atoms with van der Waals surface area (Å²) in [5.41, 5.74) is 0.00514. The molecule has 1 saturated carbocycles. The van der Waals surface area contributed by atoms with Crippen molar-refractivity contribution in [1.29, 1.82) is 0 Å². The van der Waals surface area contributed by atoms with Gasteiger partial charge in [0.1, 0.15) is 30.8 Å². The van der Waals surface area contributed by atoms with Crippen LogP contribution in [0.25, 0.3) is 0 Å². The molecule has 34 heavy (non-hydrogen) atoms. The van der Waals surface area contributed by atoms with Gasteiger partial charge in [-0.05, 0) is 133 Å². The second-order valence-electron chi connectivity index (χ2n) is 9.84. The number of esters is 2. The third-order valence-corrected chi connectivity index (χ3v) is 5.50. The van der Waals surface area contributed by atoms with E-state index in [0.717, 1.165) is 18.7 Å². The number of hydrogen-bond donors (Lipinski definition) is 1. The van der Waals surface area contributed by atoms with Crippen molar-refractivity contribution < 1.29 is 19.1 Å². The summed E-state index contributed by atoms with van der Waals surface area (Å²) < 4.78 is 12.4. The lowest BCUT2D eigenvalue weighted by molar-refractivity contribution is 0.00568. The van der Waals surface area contributed by atoms with E-state index >= 15 is 0 Å². The van der Waals surface area contributed by atoms with Gasteiger partial charge in [0.15, 0.2) is 0 Å². The molecule has 1 aliphatic rings. The summed E-state index contributed by atoms with van der Waals surface area (Å²) in [6.07, 6.45) is 3.58. The van der Waals surface area contributed by atoms with Gasteiger partial charge < -0.3 is 14.8 Å². The molecule has 2 aromatic heterocycles. The molecule has 0 aromatic carbocycles. The van der Waals surface area contributed by atoms with Crippen LogP contribution in [-0.2, 0) is 9.47 Å². The van der Waals surface area contributed by atoms with E-state index < -0.39 is 11.2 Å². The molecule has 0 amide bonds.